The number of halogens is 2. The number of aromatic nitrogens is 1. The minimum Gasteiger partial charge on any atom is -0.481 e. The number of hydrogen-bond donors (Lipinski definition) is 2. The van der Waals surface area contributed by atoms with E-state index in [1.165, 1.54) is 11.3 Å². The zero-order valence-electron chi connectivity index (χ0n) is 9.89. The summed E-state index contributed by atoms with van der Waals surface area (Å²) in [6, 6.07) is 4.80. The Bertz CT molecular complexity index is 674. The Balaban J connectivity index is 2.09. The summed E-state index contributed by atoms with van der Waals surface area (Å²) < 4.78 is 0.623. The number of thiazole rings is 1. The van der Waals surface area contributed by atoms with Crippen LogP contribution in [-0.4, -0.2) is 22.0 Å². The van der Waals surface area contributed by atoms with Crippen molar-refractivity contribution in [3.63, 3.8) is 0 Å². The summed E-state index contributed by atoms with van der Waals surface area (Å²) in [6.07, 6.45) is -0.168. The maximum Gasteiger partial charge on any atom is 0.309 e. The lowest BCUT2D eigenvalue weighted by Crippen LogP contribution is -2.12. The van der Waals surface area contributed by atoms with Crippen molar-refractivity contribution in [2.75, 3.05) is 5.32 Å². The summed E-state index contributed by atoms with van der Waals surface area (Å²) in [5.41, 5.74) is 0.839. The number of carboxylic acids is 1. The summed E-state index contributed by atoms with van der Waals surface area (Å²) in [5, 5.41) is 13.7. The number of amides is 1. The fourth-order valence-corrected chi connectivity index (χ4v) is 2.61. The molecule has 0 aliphatic carbocycles. The highest BCUT2D eigenvalue weighted by atomic mass is 79.9. The van der Waals surface area contributed by atoms with Crippen LogP contribution in [0.25, 0.3) is 0 Å². The van der Waals surface area contributed by atoms with Gasteiger partial charge >= 0.3 is 5.97 Å². The van der Waals surface area contributed by atoms with Gasteiger partial charge in [0.2, 0.25) is 0 Å². The fourth-order valence-electron chi connectivity index (χ4n) is 1.41. The molecule has 0 atom stereocenters. The summed E-state index contributed by atoms with van der Waals surface area (Å²) in [4.78, 5) is 26.6. The van der Waals surface area contributed by atoms with Crippen LogP contribution >= 0.6 is 38.9 Å². The third-order valence-electron chi connectivity index (χ3n) is 2.29. The van der Waals surface area contributed by atoms with Crippen LogP contribution in [0.3, 0.4) is 0 Å². The molecule has 0 radical (unpaired) electrons. The number of nitrogens with zero attached hydrogens (tertiary/aromatic N) is 1. The van der Waals surface area contributed by atoms with Gasteiger partial charge in [-0.05, 0) is 34.1 Å². The number of hydrogen-bond acceptors (Lipinski definition) is 4. The third-order valence-corrected chi connectivity index (χ3v) is 4.31. The van der Waals surface area contributed by atoms with Crippen LogP contribution in [0.1, 0.15) is 16.1 Å². The SMILES string of the molecule is O=C(O)Cc1csc(NC(=O)c2ccc(Cl)c(Br)c2)n1. The van der Waals surface area contributed by atoms with E-state index in [1.807, 2.05) is 0 Å². The van der Waals surface area contributed by atoms with Crippen LogP contribution in [0.15, 0.2) is 28.1 Å². The molecule has 1 aromatic heterocycles. The Hall–Kier alpha value is -1.44. The largest absolute Gasteiger partial charge is 0.481 e. The molecule has 0 saturated carbocycles. The van der Waals surface area contributed by atoms with Crippen molar-refractivity contribution in [3.8, 4) is 0 Å². The molecule has 5 nitrogen and oxygen atoms in total. The van der Waals surface area contributed by atoms with Gasteiger partial charge in [0.15, 0.2) is 5.13 Å². The van der Waals surface area contributed by atoms with Crippen molar-refractivity contribution in [2.45, 2.75) is 6.42 Å². The van der Waals surface area contributed by atoms with E-state index in [1.54, 1.807) is 23.6 Å². The summed E-state index contributed by atoms with van der Waals surface area (Å²) in [6.45, 7) is 0. The van der Waals surface area contributed by atoms with E-state index in [9.17, 15) is 9.59 Å². The molecule has 1 heterocycles. The van der Waals surface area contributed by atoms with Crippen LogP contribution in [0, 0.1) is 0 Å². The van der Waals surface area contributed by atoms with Crippen molar-refractivity contribution in [1.29, 1.82) is 0 Å². The molecule has 104 valence electrons. The molecule has 0 aliphatic heterocycles. The molecule has 2 rings (SSSR count). The van der Waals surface area contributed by atoms with Gasteiger partial charge in [-0.1, -0.05) is 11.6 Å². The lowest BCUT2D eigenvalue weighted by atomic mass is 10.2. The molecule has 2 N–H and O–H groups in total. The molecule has 0 saturated heterocycles. The van der Waals surface area contributed by atoms with E-state index < -0.39 is 5.97 Å². The highest BCUT2D eigenvalue weighted by Crippen LogP contribution is 2.24. The molecule has 0 unspecified atom stereocenters. The molecule has 8 heteroatoms. The number of benzene rings is 1. The van der Waals surface area contributed by atoms with Crippen molar-refractivity contribution in [3.05, 3.63) is 44.3 Å². The standard InChI is InChI=1S/C12H8BrClN2O3S/c13-8-3-6(1-2-9(8)14)11(19)16-12-15-7(5-20-12)4-10(17)18/h1-3,5H,4H2,(H,17,18)(H,15,16,19). The minimum absolute atomic E-state index is 0.168. The molecule has 0 aliphatic rings. The van der Waals surface area contributed by atoms with E-state index in [2.05, 4.69) is 26.2 Å². The second kappa shape index (κ2) is 6.34. The van der Waals surface area contributed by atoms with Gasteiger partial charge in [-0.15, -0.1) is 11.3 Å². The highest BCUT2D eigenvalue weighted by Gasteiger charge is 2.11. The second-order valence-electron chi connectivity index (χ2n) is 3.80. The van der Waals surface area contributed by atoms with Crippen LogP contribution in [-0.2, 0) is 11.2 Å². The molecule has 0 fully saturated rings. The zero-order valence-corrected chi connectivity index (χ0v) is 13.1. The van der Waals surface area contributed by atoms with Crippen molar-refractivity contribution >= 4 is 55.9 Å². The maximum absolute atomic E-state index is 12.0. The van der Waals surface area contributed by atoms with E-state index in [4.69, 9.17) is 16.7 Å². The van der Waals surface area contributed by atoms with Crippen molar-refractivity contribution in [2.24, 2.45) is 0 Å². The summed E-state index contributed by atoms with van der Waals surface area (Å²) >= 11 is 10.3. The first-order chi connectivity index (χ1) is 9.45. The van der Waals surface area contributed by atoms with Crippen LogP contribution in [0.4, 0.5) is 5.13 Å². The van der Waals surface area contributed by atoms with Gasteiger partial charge < -0.3 is 5.11 Å². The molecule has 1 amide bonds. The van der Waals surface area contributed by atoms with E-state index in [0.29, 0.717) is 25.9 Å². The maximum atomic E-state index is 12.0. The van der Waals surface area contributed by atoms with Crippen molar-refractivity contribution < 1.29 is 14.7 Å². The highest BCUT2D eigenvalue weighted by molar-refractivity contribution is 9.10. The Morgan fingerprint density at radius 1 is 1.45 bits per heavy atom. The molecular weight excluding hydrogens is 368 g/mol. The monoisotopic (exact) mass is 374 g/mol. The molecule has 0 spiro atoms. The smallest absolute Gasteiger partial charge is 0.309 e. The average Bonchev–Trinajstić information content (AvgIpc) is 2.79. The van der Waals surface area contributed by atoms with Crippen LogP contribution in [0.5, 0.6) is 0 Å². The van der Waals surface area contributed by atoms with E-state index in [-0.39, 0.29) is 12.3 Å². The Morgan fingerprint density at radius 3 is 2.85 bits per heavy atom. The predicted molar refractivity (Wildman–Crippen MR) is 80.6 cm³/mol. The number of carboxylic acid groups (broad SMARTS) is 1. The molecule has 1 aromatic carbocycles. The van der Waals surface area contributed by atoms with Gasteiger partial charge in [-0.3, -0.25) is 14.9 Å². The lowest BCUT2D eigenvalue weighted by molar-refractivity contribution is -0.136. The van der Waals surface area contributed by atoms with Gasteiger partial charge in [0.25, 0.3) is 5.91 Å². The van der Waals surface area contributed by atoms with E-state index in [0.717, 1.165) is 0 Å². The number of anilines is 1. The number of nitrogens with one attached hydrogen (secondary N) is 1. The van der Waals surface area contributed by atoms with Crippen molar-refractivity contribution in [1.82, 2.24) is 4.98 Å². The summed E-state index contributed by atoms with van der Waals surface area (Å²) in [5.74, 6) is -1.30. The number of carbonyl (C=O) groups excluding carboxylic acids is 1. The average molecular weight is 376 g/mol. The number of carbonyl (C=O) groups is 2. The quantitative estimate of drug-likeness (QED) is 0.858. The van der Waals surface area contributed by atoms with Gasteiger partial charge in [0, 0.05) is 15.4 Å². The second-order valence-corrected chi connectivity index (χ2v) is 5.92. The first-order valence-electron chi connectivity index (χ1n) is 5.38. The normalized spacial score (nSPS) is 10.3. The summed E-state index contributed by atoms with van der Waals surface area (Å²) in [7, 11) is 0. The fraction of sp³-hybridized carbons (Fsp3) is 0.0833. The lowest BCUT2D eigenvalue weighted by Gasteiger charge is -2.03. The molecular formula is C12H8BrClN2O3S. The Morgan fingerprint density at radius 2 is 2.20 bits per heavy atom. The molecule has 20 heavy (non-hydrogen) atoms. The van der Waals surface area contributed by atoms with Crippen LogP contribution in [0.2, 0.25) is 5.02 Å². The Kier molecular flexibility index (Phi) is 4.74. The molecule has 2 aromatic rings. The van der Waals surface area contributed by atoms with Gasteiger partial charge in [-0.25, -0.2) is 4.98 Å². The number of rotatable bonds is 4. The van der Waals surface area contributed by atoms with Crippen LogP contribution < -0.4 is 5.32 Å². The van der Waals surface area contributed by atoms with E-state index >= 15 is 0 Å². The predicted octanol–water partition coefficient (Wildman–Crippen LogP) is 3.44. The topological polar surface area (TPSA) is 79.3 Å². The van der Waals surface area contributed by atoms with Gasteiger partial charge in [0.1, 0.15) is 0 Å². The number of aliphatic carboxylic acids is 1. The van der Waals surface area contributed by atoms with Gasteiger partial charge in [0.05, 0.1) is 17.1 Å². The first-order valence-corrected chi connectivity index (χ1v) is 7.43. The first kappa shape index (κ1) is 15.0. The minimum atomic E-state index is -0.963. The Labute approximate surface area is 131 Å². The third kappa shape index (κ3) is 3.78. The van der Waals surface area contributed by atoms with Gasteiger partial charge in [-0.2, -0.15) is 0 Å². The zero-order chi connectivity index (χ0) is 14.7. The molecule has 0 bridgehead atoms.